The minimum Gasteiger partial charge on any atom is -0.341 e. The summed E-state index contributed by atoms with van der Waals surface area (Å²) in [5, 5.41) is 1.77. The molecule has 5 aromatic rings. The van der Waals surface area contributed by atoms with Crippen LogP contribution < -0.4 is 21.9 Å². The molecule has 0 aliphatic carbocycles. The van der Waals surface area contributed by atoms with Crippen molar-refractivity contribution in [1.29, 1.82) is 0 Å². The molecule has 2 N–H and O–H groups in total. The van der Waals surface area contributed by atoms with Gasteiger partial charge in [0.1, 0.15) is 0 Å². The van der Waals surface area contributed by atoms with Crippen LogP contribution in [0.15, 0.2) is 52.2 Å². The van der Waals surface area contributed by atoms with Gasteiger partial charge in [0.2, 0.25) is 5.95 Å². The predicted molar refractivity (Wildman–Crippen MR) is 148 cm³/mol. The van der Waals surface area contributed by atoms with E-state index < -0.39 is 11.2 Å². The third-order valence-corrected chi connectivity index (χ3v) is 7.21. The molecule has 6 rings (SSSR count). The Labute approximate surface area is 218 Å². The van der Waals surface area contributed by atoms with Gasteiger partial charge in [-0.25, -0.2) is 9.78 Å². The molecule has 0 amide bonds. The minimum atomic E-state index is -0.451. The normalized spacial score (nSPS) is 15.8. The Hall–Kier alpha value is -4.49. The Morgan fingerprint density at radius 2 is 1.89 bits per heavy atom. The van der Waals surface area contributed by atoms with E-state index in [1.165, 1.54) is 9.13 Å². The maximum atomic E-state index is 14.0. The lowest BCUT2D eigenvalue weighted by Crippen LogP contribution is -2.44. The van der Waals surface area contributed by atoms with Crippen molar-refractivity contribution in [2.24, 2.45) is 12.8 Å². The highest BCUT2D eigenvalue weighted by Gasteiger charge is 2.26. The summed E-state index contributed by atoms with van der Waals surface area (Å²) in [5.74, 6) is 6.59. The van der Waals surface area contributed by atoms with Crippen LogP contribution in [0, 0.1) is 11.8 Å². The van der Waals surface area contributed by atoms with Crippen LogP contribution >= 0.6 is 0 Å². The fourth-order valence-corrected chi connectivity index (χ4v) is 5.35. The number of aromatic nitrogens is 6. The topological polar surface area (TPSA) is 117 Å². The second kappa shape index (κ2) is 9.43. The number of hydrogen-bond acceptors (Lipinski definition) is 7. The number of piperidine rings is 1. The highest BCUT2D eigenvalue weighted by molar-refractivity contribution is 6.04. The van der Waals surface area contributed by atoms with Crippen LogP contribution in [0.25, 0.3) is 33.0 Å². The fraction of sp³-hybridized carbons (Fsp3) is 0.321. The van der Waals surface area contributed by atoms with E-state index in [1.807, 2.05) is 41.0 Å². The molecule has 0 spiro atoms. The Balaban J connectivity index is 1.58. The number of anilines is 1. The monoisotopic (exact) mass is 508 g/mol. The molecule has 0 saturated carbocycles. The zero-order chi connectivity index (χ0) is 26.4. The molecule has 1 unspecified atom stereocenters. The van der Waals surface area contributed by atoms with Crippen molar-refractivity contribution in [3.63, 3.8) is 0 Å². The maximum absolute atomic E-state index is 14.0. The van der Waals surface area contributed by atoms with Crippen LogP contribution in [0.2, 0.25) is 0 Å². The highest BCUT2D eigenvalue weighted by atomic mass is 16.2. The summed E-state index contributed by atoms with van der Waals surface area (Å²) in [6.07, 6.45) is 3.61. The van der Waals surface area contributed by atoms with Gasteiger partial charge in [-0.3, -0.25) is 23.5 Å². The van der Waals surface area contributed by atoms with Gasteiger partial charge in [0, 0.05) is 43.1 Å². The first-order valence-electron chi connectivity index (χ1n) is 12.7. The molecule has 5 heterocycles. The number of nitrogens with two attached hydrogens (primary N) is 1. The van der Waals surface area contributed by atoms with E-state index in [-0.39, 0.29) is 19.1 Å². The number of pyridine rings is 2. The van der Waals surface area contributed by atoms with Gasteiger partial charge >= 0.3 is 5.69 Å². The number of aryl methyl sites for hydroxylation is 1. The first-order valence-corrected chi connectivity index (χ1v) is 12.7. The number of benzene rings is 1. The summed E-state index contributed by atoms with van der Waals surface area (Å²) in [7, 11) is 1.64. The first-order chi connectivity index (χ1) is 18.5. The zero-order valence-corrected chi connectivity index (χ0v) is 21.4. The van der Waals surface area contributed by atoms with E-state index in [9.17, 15) is 9.59 Å². The second-order valence-electron chi connectivity index (χ2n) is 9.65. The average molecular weight is 509 g/mol. The molecule has 1 aliphatic rings. The molecule has 0 radical (unpaired) electrons. The lowest BCUT2D eigenvalue weighted by atomic mass is 10.1. The van der Waals surface area contributed by atoms with E-state index in [1.54, 1.807) is 20.2 Å². The summed E-state index contributed by atoms with van der Waals surface area (Å²) < 4.78 is 4.49. The molecular formula is C28H28N8O2. The molecule has 1 fully saturated rings. The first kappa shape index (κ1) is 23.9. The van der Waals surface area contributed by atoms with Crippen LogP contribution in [0.3, 0.4) is 0 Å². The van der Waals surface area contributed by atoms with Gasteiger partial charge in [0.15, 0.2) is 11.2 Å². The quantitative estimate of drug-likeness (QED) is 0.291. The summed E-state index contributed by atoms with van der Waals surface area (Å²) in [5.41, 5.74) is 8.17. The van der Waals surface area contributed by atoms with Crippen LogP contribution in [-0.2, 0) is 20.1 Å². The minimum absolute atomic E-state index is 0.0152. The summed E-state index contributed by atoms with van der Waals surface area (Å²) in [4.78, 5) is 43.7. The van der Waals surface area contributed by atoms with Crippen LogP contribution in [0.4, 0.5) is 5.95 Å². The Morgan fingerprint density at radius 3 is 2.68 bits per heavy atom. The SMILES string of the molecule is CC#CCn1c(N2CCCC(N)C2)nc2c1c(=O)n(Cc1nc3cccnc3c3ccccc13)c(=O)n2C. The van der Waals surface area contributed by atoms with Crippen molar-refractivity contribution in [1.82, 2.24) is 28.7 Å². The highest BCUT2D eigenvalue weighted by Crippen LogP contribution is 2.26. The summed E-state index contributed by atoms with van der Waals surface area (Å²) in [6, 6.07) is 11.5. The maximum Gasteiger partial charge on any atom is 0.332 e. The Morgan fingerprint density at radius 1 is 1.08 bits per heavy atom. The van der Waals surface area contributed by atoms with Gasteiger partial charge in [0.05, 0.1) is 29.8 Å². The lowest BCUT2D eigenvalue weighted by Gasteiger charge is -2.31. The fourth-order valence-electron chi connectivity index (χ4n) is 5.35. The van der Waals surface area contributed by atoms with Crippen LogP contribution in [0.5, 0.6) is 0 Å². The van der Waals surface area contributed by atoms with Crippen molar-refractivity contribution in [2.75, 3.05) is 18.0 Å². The molecule has 38 heavy (non-hydrogen) atoms. The number of fused-ring (bicyclic) bond motifs is 4. The van der Waals surface area contributed by atoms with Crippen molar-refractivity contribution < 1.29 is 0 Å². The largest absolute Gasteiger partial charge is 0.341 e. The predicted octanol–water partition coefficient (Wildman–Crippen LogP) is 1.99. The van der Waals surface area contributed by atoms with Crippen molar-refractivity contribution in [3.8, 4) is 11.8 Å². The van der Waals surface area contributed by atoms with Gasteiger partial charge in [0.25, 0.3) is 5.56 Å². The number of imidazole rings is 1. The van der Waals surface area contributed by atoms with Gasteiger partial charge < -0.3 is 10.6 Å². The van der Waals surface area contributed by atoms with Crippen molar-refractivity contribution in [2.45, 2.75) is 38.9 Å². The summed E-state index contributed by atoms with van der Waals surface area (Å²) >= 11 is 0. The molecule has 1 aliphatic heterocycles. The molecule has 0 bridgehead atoms. The van der Waals surface area contributed by atoms with E-state index in [4.69, 9.17) is 15.7 Å². The van der Waals surface area contributed by atoms with Gasteiger partial charge in [-0.1, -0.05) is 30.2 Å². The average Bonchev–Trinajstić information content (AvgIpc) is 3.33. The van der Waals surface area contributed by atoms with Crippen molar-refractivity contribution in [3.05, 3.63) is 69.1 Å². The second-order valence-corrected chi connectivity index (χ2v) is 9.65. The van der Waals surface area contributed by atoms with Gasteiger partial charge in [-0.2, -0.15) is 4.98 Å². The Kier molecular flexibility index (Phi) is 5.93. The van der Waals surface area contributed by atoms with Crippen LogP contribution in [0.1, 0.15) is 25.5 Å². The third-order valence-electron chi connectivity index (χ3n) is 7.21. The molecular weight excluding hydrogens is 480 g/mol. The molecule has 10 heteroatoms. The van der Waals surface area contributed by atoms with Crippen molar-refractivity contribution >= 4 is 38.9 Å². The number of hydrogen-bond donors (Lipinski definition) is 1. The molecule has 1 atom stereocenters. The van der Waals surface area contributed by atoms with E-state index in [0.29, 0.717) is 34.9 Å². The standard InChI is InChI=1S/C28H28N8O2/c1-3-4-15-35-24-25(32-27(35)34-14-8-9-18(29)16-34)33(2)28(38)36(26(24)37)17-22-19-10-5-6-11-20(19)23-21(31-22)12-7-13-30-23/h5-7,10-13,18H,8-9,14-17,29H2,1-2H3. The van der Waals surface area contributed by atoms with Crippen LogP contribution in [-0.4, -0.2) is 47.8 Å². The van der Waals surface area contributed by atoms with E-state index >= 15 is 0 Å². The van der Waals surface area contributed by atoms with Gasteiger partial charge in [-0.15, -0.1) is 5.92 Å². The van der Waals surface area contributed by atoms with E-state index in [2.05, 4.69) is 21.7 Å². The lowest BCUT2D eigenvalue weighted by molar-refractivity contribution is 0.496. The smallest absolute Gasteiger partial charge is 0.332 e. The number of rotatable bonds is 4. The molecule has 1 saturated heterocycles. The molecule has 192 valence electrons. The van der Waals surface area contributed by atoms with Gasteiger partial charge in [-0.05, 0) is 31.9 Å². The molecule has 1 aromatic carbocycles. The number of nitrogens with zero attached hydrogens (tertiary/aromatic N) is 7. The Bertz CT molecular complexity index is 1890. The third kappa shape index (κ3) is 3.83. The molecule has 4 aromatic heterocycles. The summed E-state index contributed by atoms with van der Waals surface area (Å²) in [6.45, 7) is 3.46. The van der Waals surface area contributed by atoms with E-state index in [0.717, 1.165) is 35.7 Å². The zero-order valence-electron chi connectivity index (χ0n) is 21.4. The molecule has 10 nitrogen and oxygen atoms in total.